The number of ether oxygens (including phenoxy) is 1. The minimum absolute atomic E-state index is 0.453. The lowest BCUT2D eigenvalue weighted by molar-refractivity contribution is 0.305. The van der Waals surface area contributed by atoms with Crippen LogP contribution in [0.4, 0.5) is 0 Å². The normalized spacial score (nSPS) is 13.7. The van der Waals surface area contributed by atoms with Crippen LogP contribution in [-0.4, -0.2) is 21.1 Å². The first kappa shape index (κ1) is 8.73. The topological polar surface area (TPSA) is 39.9 Å². The van der Waals surface area contributed by atoms with Gasteiger partial charge in [-0.25, -0.2) is 9.97 Å². The molecule has 5 heteroatoms. The van der Waals surface area contributed by atoms with Gasteiger partial charge in [-0.15, -0.1) is 0 Å². The first-order chi connectivity index (χ1) is 7.34. The number of hydrogen-bond donors (Lipinski definition) is 0. The third kappa shape index (κ3) is 1.37. The van der Waals surface area contributed by atoms with Crippen LogP contribution >= 0.6 is 11.6 Å². The summed E-state index contributed by atoms with van der Waals surface area (Å²) in [7, 11) is 0. The molecule has 0 N–H and O–H groups in total. The summed E-state index contributed by atoms with van der Waals surface area (Å²) >= 11 is 5.86. The maximum absolute atomic E-state index is 5.86. The van der Waals surface area contributed by atoms with Crippen molar-refractivity contribution >= 4 is 11.6 Å². The summed E-state index contributed by atoms with van der Waals surface area (Å²) in [4.78, 5) is 8.29. The molecule has 1 aliphatic heterocycles. The Hall–Kier alpha value is -1.55. The van der Waals surface area contributed by atoms with E-state index in [-0.39, 0.29) is 0 Å². The van der Waals surface area contributed by atoms with E-state index in [0.717, 1.165) is 23.7 Å². The lowest BCUT2D eigenvalue weighted by Crippen LogP contribution is -2.04. The monoisotopic (exact) mass is 221 g/mol. The number of pyridine rings is 1. The average molecular weight is 222 g/mol. The zero-order valence-corrected chi connectivity index (χ0v) is 8.61. The molecule has 2 aromatic rings. The van der Waals surface area contributed by atoms with E-state index in [1.807, 2.05) is 10.8 Å². The Balaban J connectivity index is 2.27. The van der Waals surface area contributed by atoms with Crippen LogP contribution in [0.2, 0.25) is 5.15 Å². The van der Waals surface area contributed by atoms with Crippen molar-refractivity contribution in [2.24, 2.45) is 0 Å². The molecule has 0 saturated heterocycles. The number of rotatable bonds is 0. The Labute approximate surface area is 91.5 Å². The van der Waals surface area contributed by atoms with Crippen molar-refractivity contribution in [3.8, 4) is 17.1 Å². The summed E-state index contributed by atoms with van der Waals surface area (Å²) in [6.07, 6.45) is 5.35. The van der Waals surface area contributed by atoms with E-state index in [9.17, 15) is 0 Å². The van der Waals surface area contributed by atoms with Crippen LogP contribution < -0.4 is 4.74 Å². The SMILES string of the molecule is Clc1cc2c(cn1)OCCn1ccnc1-2. The van der Waals surface area contributed by atoms with E-state index in [1.165, 1.54) is 0 Å². The van der Waals surface area contributed by atoms with Crippen LogP contribution in [0.1, 0.15) is 0 Å². The molecule has 0 spiro atoms. The van der Waals surface area contributed by atoms with Crippen LogP contribution in [-0.2, 0) is 6.54 Å². The third-order valence-electron chi connectivity index (χ3n) is 2.38. The summed E-state index contributed by atoms with van der Waals surface area (Å²) < 4.78 is 7.61. The van der Waals surface area contributed by atoms with Gasteiger partial charge < -0.3 is 9.30 Å². The molecule has 4 nitrogen and oxygen atoms in total. The molecule has 3 rings (SSSR count). The van der Waals surface area contributed by atoms with E-state index in [4.69, 9.17) is 16.3 Å². The number of aromatic nitrogens is 3. The number of imidazole rings is 1. The van der Waals surface area contributed by atoms with Gasteiger partial charge in [0.25, 0.3) is 0 Å². The van der Waals surface area contributed by atoms with E-state index >= 15 is 0 Å². The van der Waals surface area contributed by atoms with Crippen molar-refractivity contribution < 1.29 is 4.74 Å². The maximum atomic E-state index is 5.86. The summed E-state index contributed by atoms with van der Waals surface area (Å²) in [5.41, 5.74) is 0.900. The predicted molar refractivity (Wildman–Crippen MR) is 56.0 cm³/mol. The largest absolute Gasteiger partial charge is 0.489 e. The van der Waals surface area contributed by atoms with Crippen LogP contribution in [0.15, 0.2) is 24.7 Å². The summed E-state index contributed by atoms with van der Waals surface area (Å²) in [6, 6.07) is 1.78. The van der Waals surface area contributed by atoms with Crippen LogP contribution in [0.5, 0.6) is 5.75 Å². The Morgan fingerprint density at radius 3 is 3.27 bits per heavy atom. The Kier molecular flexibility index (Phi) is 1.89. The molecule has 15 heavy (non-hydrogen) atoms. The number of nitrogens with zero attached hydrogens (tertiary/aromatic N) is 3. The first-order valence-corrected chi connectivity index (χ1v) is 5.02. The molecule has 0 saturated carbocycles. The van der Waals surface area contributed by atoms with Gasteiger partial charge >= 0.3 is 0 Å². The van der Waals surface area contributed by atoms with Crippen molar-refractivity contribution in [1.82, 2.24) is 14.5 Å². The zero-order valence-electron chi connectivity index (χ0n) is 7.85. The fourth-order valence-electron chi connectivity index (χ4n) is 1.69. The Morgan fingerprint density at radius 2 is 2.33 bits per heavy atom. The van der Waals surface area contributed by atoms with E-state index in [0.29, 0.717) is 11.8 Å². The van der Waals surface area contributed by atoms with Gasteiger partial charge in [0.1, 0.15) is 23.3 Å². The molecule has 0 atom stereocenters. The minimum Gasteiger partial charge on any atom is -0.489 e. The molecule has 0 amide bonds. The van der Waals surface area contributed by atoms with Gasteiger partial charge in [0.2, 0.25) is 0 Å². The number of halogens is 1. The lowest BCUT2D eigenvalue weighted by atomic mass is 10.2. The molecule has 0 fully saturated rings. The molecule has 0 aliphatic carbocycles. The molecular formula is C10H8ClN3O. The smallest absolute Gasteiger partial charge is 0.148 e. The van der Waals surface area contributed by atoms with Crippen molar-refractivity contribution in [1.29, 1.82) is 0 Å². The molecule has 0 bridgehead atoms. The lowest BCUT2D eigenvalue weighted by Gasteiger charge is -2.04. The fraction of sp³-hybridized carbons (Fsp3) is 0.200. The second-order valence-electron chi connectivity index (χ2n) is 3.30. The Morgan fingerprint density at radius 1 is 1.40 bits per heavy atom. The standard InChI is InChI=1S/C10H8ClN3O/c11-9-5-7-8(6-13-9)15-4-3-14-2-1-12-10(7)14/h1-2,5-6H,3-4H2. The predicted octanol–water partition coefficient (Wildman–Crippen LogP) is 1.99. The van der Waals surface area contributed by atoms with Gasteiger partial charge in [-0.3, -0.25) is 0 Å². The van der Waals surface area contributed by atoms with E-state index in [1.54, 1.807) is 18.5 Å². The fourth-order valence-corrected chi connectivity index (χ4v) is 1.85. The van der Waals surface area contributed by atoms with Crippen molar-refractivity contribution in [2.45, 2.75) is 6.54 Å². The highest BCUT2D eigenvalue weighted by molar-refractivity contribution is 6.29. The second kappa shape index (κ2) is 3.24. The van der Waals surface area contributed by atoms with Crippen molar-refractivity contribution in [2.75, 3.05) is 6.61 Å². The molecule has 0 aromatic carbocycles. The molecule has 3 heterocycles. The molecule has 2 aromatic heterocycles. The highest BCUT2D eigenvalue weighted by Gasteiger charge is 2.16. The molecular weight excluding hydrogens is 214 g/mol. The molecule has 0 unspecified atom stereocenters. The van der Waals surface area contributed by atoms with Crippen molar-refractivity contribution in [3.05, 3.63) is 29.8 Å². The van der Waals surface area contributed by atoms with Crippen LogP contribution in [0.25, 0.3) is 11.4 Å². The van der Waals surface area contributed by atoms with E-state index in [2.05, 4.69) is 9.97 Å². The summed E-state index contributed by atoms with van der Waals surface area (Å²) in [5, 5.41) is 0.453. The van der Waals surface area contributed by atoms with Gasteiger partial charge in [0.15, 0.2) is 0 Å². The van der Waals surface area contributed by atoms with Crippen molar-refractivity contribution in [3.63, 3.8) is 0 Å². The van der Waals surface area contributed by atoms with Crippen LogP contribution in [0, 0.1) is 0 Å². The number of fused-ring (bicyclic) bond motifs is 3. The second-order valence-corrected chi connectivity index (χ2v) is 3.68. The highest BCUT2D eigenvalue weighted by atomic mass is 35.5. The minimum atomic E-state index is 0.453. The first-order valence-electron chi connectivity index (χ1n) is 4.64. The average Bonchev–Trinajstić information content (AvgIpc) is 2.62. The Bertz CT molecular complexity index is 509. The van der Waals surface area contributed by atoms with Crippen LogP contribution in [0.3, 0.4) is 0 Å². The van der Waals surface area contributed by atoms with Gasteiger partial charge in [0.05, 0.1) is 18.3 Å². The number of hydrogen-bond acceptors (Lipinski definition) is 3. The summed E-state index contributed by atoms with van der Waals surface area (Å²) in [5.74, 6) is 1.62. The van der Waals surface area contributed by atoms with E-state index < -0.39 is 0 Å². The highest BCUT2D eigenvalue weighted by Crippen LogP contribution is 2.31. The van der Waals surface area contributed by atoms with Gasteiger partial charge in [-0.2, -0.15) is 0 Å². The quantitative estimate of drug-likeness (QED) is 0.639. The maximum Gasteiger partial charge on any atom is 0.148 e. The van der Waals surface area contributed by atoms with Gasteiger partial charge in [0, 0.05) is 12.4 Å². The third-order valence-corrected chi connectivity index (χ3v) is 2.59. The molecule has 76 valence electrons. The van der Waals surface area contributed by atoms with Gasteiger partial charge in [-0.1, -0.05) is 11.6 Å². The summed E-state index contributed by atoms with van der Waals surface area (Å²) in [6.45, 7) is 1.42. The van der Waals surface area contributed by atoms with Gasteiger partial charge in [-0.05, 0) is 6.07 Å². The zero-order chi connectivity index (χ0) is 10.3. The molecule has 1 aliphatic rings. The molecule has 0 radical (unpaired) electrons.